The summed E-state index contributed by atoms with van der Waals surface area (Å²) >= 11 is 0. The van der Waals surface area contributed by atoms with Gasteiger partial charge in [0.1, 0.15) is 17.5 Å². The van der Waals surface area contributed by atoms with Crippen molar-refractivity contribution in [1.82, 2.24) is 4.98 Å². The summed E-state index contributed by atoms with van der Waals surface area (Å²) in [6, 6.07) is 10.2. The molecule has 1 heterocycles. The molecule has 0 aliphatic rings. The lowest BCUT2D eigenvalue weighted by Gasteiger charge is -2.11. The Morgan fingerprint density at radius 3 is 2.39 bits per heavy atom. The Morgan fingerprint density at radius 2 is 1.74 bits per heavy atom. The van der Waals surface area contributed by atoms with Gasteiger partial charge in [0, 0.05) is 28.7 Å². The van der Waals surface area contributed by atoms with Gasteiger partial charge in [-0.2, -0.15) is 0 Å². The van der Waals surface area contributed by atoms with Crippen LogP contribution in [0.5, 0.6) is 0 Å². The van der Waals surface area contributed by atoms with Crippen LogP contribution < -0.4 is 5.32 Å². The minimum absolute atomic E-state index is 0.228. The van der Waals surface area contributed by atoms with E-state index < -0.39 is 17.6 Å². The van der Waals surface area contributed by atoms with E-state index >= 15 is 0 Å². The molecule has 0 amide bonds. The fourth-order valence-electron chi connectivity index (χ4n) is 2.33. The third-order valence-corrected chi connectivity index (χ3v) is 3.33. The third kappa shape index (κ3) is 2.96. The highest BCUT2D eigenvalue weighted by atomic mass is 19.1. The van der Waals surface area contributed by atoms with Gasteiger partial charge in [0.25, 0.3) is 0 Å². The number of fused-ring (bicyclic) bond motifs is 1. The molecule has 0 aliphatic heterocycles. The summed E-state index contributed by atoms with van der Waals surface area (Å²) in [6.07, 6.45) is 1.37. The molecule has 0 spiro atoms. The van der Waals surface area contributed by atoms with Gasteiger partial charge in [-0.25, -0.2) is 18.6 Å². The molecule has 1 aromatic heterocycles. The van der Waals surface area contributed by atoms with Gasteiger partial charge in [-0.15, -0.1) is 0 Å². The van der Waals surface area contributed by atoms with Crippen molar-refractivity contribution in [1.29, 1.82) is 0 Å². The largest absolute Gasteiger partial charge is 0.465 e. The number of ether oxygens (including phenoxy) is 1. The molecule has 0 saturated heterocycles. The van der Waals surface area contributed by atoms with Crippen LogP contribution in [0.2, 0.25) is 0 Å². The first-order valence-electron chi connectivity index (χ1n) is 6.77. The SMILES string of the molecule is COC(=O)c1cnc(Nc2cc(F)cc(F)c2)c2ccccc12. The van der Waals surface area contributed by atoms with Gasteiger partial charge in [0.15, 0.2) is 0 Å². The lowest BCUT2D eigenvalue weighted by molar-refractivity contribution is 0.0602. The molecule has 4 nitrogen and oxygen atoms in total. The highest BCUT2D eigenvalue weighted by molar-refractivity contribution is 6.07. The Bertz CT molecular complexity index is 877. The van der Waals surface area contributed by atoms with Crippen LogP contribution in [0.4, 0.5) is 20.3 Å². The van der Waals surface area contributed by atoms with Crippen molar-refractivity contribution in [3.8, 4) is 0 Å². The molecule has 0 bridgehead atoms. The number of halogens is 2. The summed E-state index contributed by atoms with van der Waals surface area (Å²) in [5, 5.41) is 4.14. The maximum absolute atomic E-state index is 13.3. The second-order valence-corrected chi connectivity index (χ2v) is 4.84. The molecule has 3 aromatic rings. The van der Waals surface area contributed by atoms with Crippen LogP contribution in [0, 0.1) is 11.6 Å². The maximum atomic E-state index is 13.3. The smallest absolute Gasteiger partial charge is 0.340 e. The highest BCUT2D eigenvalue weighted by Gasteiger charge is 2.14. The fraction of sp³-hybridized carbons (Fsp3) is 0.0588. The van der Waals surface area contributed by atoms with Crippen molar-refractivity contribution in [2.24, 2.45) is 0 Å². The Balaban J connectivity index is 2.10. The molecule has 23 heavy (non-hydrogen) atoms. The lowest BCUT2D eigenvalue weighted by atomic mass is 10.1. The number of methoxy groups -OCH3 is 1. The van der Waals surface area contributed by atoms with Gasteiger partial charge in [-0.05, 0) is 12.1 Å². The van der Waals surface area contributed by atoms with E-state index in [0.29, 0.717) is 22.2 Å². The van der Waals surface area contributed by atoms with Crippen molar-refractivity contribution >= 4 is 28.2 Å². The Morgan fingerprint density at radius 1 is 1.09 bits per heavy atom. The molecule has 2 aromatic carbocycles. The third-order valence-electron chi connectivity index (χ3n) is 3.33. The number of nitrogens with one attached hydrogen (secondary N) is 1. The molecule has 1 N–H and O–H groups in total. The number of anilines is 2. The summed E-state index contributed by atoms with van der Waals surface area (Å²) in [5.74, 6) is -1.50. The van der Waals surface area contributed by atoms with E-state index in [1.807, 2.05) is 0 Å². The first kappa shape index (κ1) is 14.9. The Labute approximate surface area is 130 Å². The normalized spacial score (nSPS) is 10.6. The van der Waals surface area contributed by atoms with Crippen molar-refractivity contribution < 1.29 is 18.3 Å². The molecule has 0 aliphatic carbocycles. The molecular formula is C17H12F2N2O2. The summed E-state index contributed by atoms with van der Waals surface area (Å²) in [7, 11) is 1.29. The number of esters is 1. The average Bonchev–Trinajstić information content (AvgIpc) is 2.53. The number of hydrogen-bond donors (Lipinski definition) is 1. The maximum Gasteiger partial charge on any atom is 0.340 e. The number of pyridine rings is 1. The van der Waals surface area contributed by atoms with E-state index in [9.17, 15) is 13.6 Å². The number of carbonyl (C=O) groups is 1. The number of benzene rings is 2. The highest BCUT2D eigenvalue weighted by Crippen LogP contribution is 2.27. The quantitative estimate of drug-likeness (QED) is 0.741. The zero-order valence-electron chi connectivity index (χ0n) is 12.1. The molecule has 0 radical (unpaired) electrons. The summed E-state index contributed by atoms with van der Waals surface area (Å²) < 4.78 is 31.3. The van der Waals surface area contributed by atoms with Crippen LogP contribution >= 0.6 is 0 Å². The second-order valence-electron chi connectivity index (χ2n) is 4.84. The summed E-state index contributed by atoms with van der Waals surface area (Å²) in [6.45, 7) is 0. The fourth-order valence-corrected chi connectivity index (χ4v) is 2.33. The van der Waals surface area contributed by atoms with Gasteiger partial charge in [0.05, 0.1) is 12.7 Å². The van der Waals surface area contributed by atoms with Crippen molar-refractivity contribution in [2.75, 3.05) is 12.4 Å². The van der Waals surface area contributed by atoms with Crippen LogP contribution in [0.3, 0.4) is 0 Å². The van der Waals surface area contributed by atoms with Crippen LogP contribution in [0.15, 0.2) is 48.7 Å². The minimum atomic E-state index is -0.692. The molecule has 0 saturated carbocycles. The van der Waals surface area contributed by atoms with Crippen molar-refractivity contribution in [3.05, 3.63) is 65.9 Å². The summed E-state index contributed by atoms with van der Waals surface area (Å²) in [4.78, 5) is 16.0. The zero-order chi connectivity index (χ0) is 16.4. The number of nitrogens with zero attached hydrogens (tertiary/aromatic N) is 1. The van der Waals surface area contributed by atoms with Gasteiger partial charge in [-0.3, -0.25) is 0 Å². The second kappa shape index (κ2) is 6.00. The summed E-state index contributed by atoms with van der Waals surface area (Å²) in [5.41, 5.74) is 0.546. The molecule has 116 valence electrons. The van der Waals surface area contributed by atoms with Crippen LogP contribution in [0.1, 0.15) is 10.4 Å². The number of aromatic nitrogens is 1. The van der Waals surface area contributed by atoms with Crippen molar-refractivity contribution in [2.45, 2.75) is 0 Å². The van der Waals surface area contributed by atoms with Gasteiger partial charge in [-0.1, -0.05) is 24.3 Å². The van der Waals surface area contributed by atoms with Gasteiger partial charge >= 0.3 is 5.97 Å². The van der Waals surface area contributed by atoms with E-state index in [-0.39, 0.29) is 5.69 Å². The number of carbonyl (C=O) groups excluding carboxylic acids is 1. The van der Waals surface area contributed by atoms with E-state index in [0.717, 1.165) is 18.2 Å². The predicted molar refractivity (Wildman–Crippen MR) is 82.7 cm³/mol. The molecule has 0 unspecified atom stereocenters. The zero-order valence-corrected chi connectivity index (χ0v) is 12.1. The Hall–Kier alpha value is -3.02. The van der Waals surface area contributed by atoms with E-state index in [2.05, 4.69) is 10.3 Å². The first-order chi connectivity index (χ1) is 11.1. The number of rotatable bonds is 3. The van der Waals surface area contributed by atoms with Gasteiger partial charge in [0.2, 0.25) is 0 Å². The standard InChI is InChI=1S/C17H12F2N2O2/c1-23-17(22)15-9-20-16(14-5-3-2-4-13(14)15)21-12-7-10(18)6-11(19)8-12/h2-9H,1H3,(H,20,21). The van der Waals surface area contributed by atoms with E-state index in [1.54, 1.807) is 24.3 Å². The molecule has 6 heteroatoms. The van der Waals surface area contributed by atoms with Gasteiger partial charge < -0.3 is 10.1 Å². The Kier molecular flexibility index (Phi) is 3.89. The molecule has 3 rings (SSSR count). The monoisotopic (exact) mass is 314 g/mol. The first-order valence-corrected chi connectivity index (χ1v) is 6.77. The lowest BCUT2D eigenvalue weighted by Crippen LogP contribution is -2.05. The molecular weight excluding hydrogens is 302 g/mol. The topological polar surface area (TPSA) is 51.2 Å². The van der Waals surface area contributed by atoms with Crippen LogP contribution in [-0.4, -0.2) is 18.1 Å². The average molecular weight is 314 g/mol. The van der Waals surface area contributed by atoms with Crippen LogP contribution in [0.25, 0.3) is 10.8 Å². The van der Waals surface area contributed by atoms with E-state index in [4.69, 9.17) is 4.74 Å². The van der Waals surface area contributed by atoms with Crippen LogP contribution in [-0.2, 0) is 4.74 Å². The molecule has 0 atom stereocenters. The predicted octanol–water partition coefficient (Wildman–Crippen LogP) is 4.04. The van der Waals surface area contributed by atoms with E-state index in [1.165, 1.54) is 13.3 Å². The van der Waals surface area contributed by atoms with Crippen molar-refractivity contribution in [3.63, 3.8) is 0 Å². The number of hydrogen-bond acceptors (Lipinski definition) is 4. The molecule has 0 fully saturated rings. The minimum Gasteiger partial charge on any atom is -0.465 e.